The average Bonchev–Trinajstić information content (AvgIpc) is 3.13. The summed E-state index contributed by atoms with van der Waals surface area (Å²) in [5.74, 6) is -0.777. The summed E-state index contributed by atoms with van der Waals surface area (Å²) >= 11 is 6.34. The van der Waals surface area contributed by atoms with Crippen LogP contribution in [0.3, 0.4) is 0 Å². The second kappa shape index (κ2) is 9.72. The van der Waals surface area contributed by atoms with Crippen LogP contribution in [0.2, 0.25) is 5.02 Å². The Hall–Kier alpha value is -3.97. The maximum absolute atomic E-state index is 13.4. The van der Waals surface area contributed by atoms with Crippen LogP contribution in [0.15, 0.2) is 66.2 Å². The molecule has 0 bridgehead atoms. The number of nitrogens with zero attached hydrogens (tertiary/aromatic N) is 1. The molecule has 1 atom stereocenters. The largest absolute Gasteiger partial charge is 0.507 e. The Labute approximate surface area is 208 Å². The van der Waals surface area contributed by atoms with Crippen LogP contribution < -0.4 is 19.1 Å². The standard InChI is InChI=1S/C27H24ClNO6/c1-15-6-5-7-16(12-15)24-23(25(30)19-14-18(33-2)9-11-21(19)34-3)26(31)27(32)29(24)17-8-10-22(35-4)20(28)13-17/h5-14,24,30H,1-4H3/b25-23+. The van der Waals surface area contributed by atoms with E-state index in [9.17, 15) is 14.7 Å². The van der Waals surface area contributed by atoms with Crippen molar-refractivity contribution in [2.75, 3.05) is 26.2 Å². The van der Waals surface area contributed by atoms with Gasteiger partial charge in [-0.05, 0) is 48.9 Å². The van der Waals surface area contributed by atoms with Gasteiger partial charge in [0.2, 0.25) is 0 Å². The van der Waals surface area contributed by atoms with E-state index in [1.165, 1.54) is 26.2 Å². The van der Waals surface area contributed by atoms with Crippen molar-refractivity contribution >= 4 is 34.7 Å². The molecule has 1 aliphatic heterocycles. The molecule has 0 aliphatic carbocycles. The van der Waals surface area contributed by atoms with E-state index in [1.807, 2.05) is 25.1 Å². The number of anilines is 1. The van der Waals surface area contributed by atoms with Crippen LogP contribution in [0.25, 0.3) is 5.76 Å². The third-order valence-electron chi connectivity index (χ3n) is 5.88. The van der Waals surface area contributed by atoms with Gasteiger partial charge in [0, 0.05) is 5.69 Å². The Morgan fingerprint density at radius 1 is 0.914 bits per heavy atom. The minimum absolute atomic E-state index is 0.0703. The van der Waals surface area contributed by atoms with Crippen molar-refractivity contribution in [1.29, 1.82) is 0 Å². The molecule has 1 N–H and O–H groups in total. The smallest absolute Gasteiger partial charge is 0.300 e. The predicted octanol–water partition coefficient (Wildman–Crippen LogP) is 5.30. The lowest BCUT2D eigenvalue weighted by molar-refractivity contribution is -0.132. The number of aryl methyl sites for hydroxylation is 1. The number of hydrogen-bond acceptors (Lipinski definition) is 6. The molecular formula is C27H24ClNO6. The molecule has 0 aromatic heterocycles. The molecular weight excluding hydrogens is 470 g/mol. The van der Waals surface area contributed by atoms with Gasteiger partial charge in [-0.2, -0.15) is 0 Å². The van der Waals surface area contributed by atoms with Gasteiger partial charge in [0.1, 0.15) is 23.0 Å². The van der Waals surface area contributed by atoms with Gasteiger partial charge in [0.15, 0.2) is 0 Å². The van der Waals surface area contributed by atoms with Crippen LogP contribution in [0.4, 0.5) is 5.69 Å². The number of ether oxygens (including phenoxy) is 3. The summed E-state index contributed by atoms with van der Waals surface area (Å²) in [4.78, 5) is 28.1. The molecule has 0 spiro atoms. The predicted molar refractivity (Wildman–Crippen MR) is 134 cm³/mol. The number of Topliss-reactive ketones (excluding diaryl/α,β-unsaturated/α-hetero) is 1. The monoisotopic (exact) mass is 493 g/mol. The van der Waals surface area contributed by atoms with Crippen molar-refractivity contribution in [3.05, 3.63) is 87.9 Å². The Kier molecular flexibility index (Phi) is 6.71. The molecule has 0 radical (unpaired) electrons. The first-order chi connectivity index (χ1) is 16.8. The van der Waals surface area contributed by atoms with E-state index in [1.54, 1.807) is 42.5 Å². The van der Waals surface area contributed by atoms with Gasteiger partial charge in [-0.25, -0.2) is 0 Å². The van der Waals surface area contributed by atoms with Crippen LogP contribution in [-0.4, -0.2) is 38.1 Å². The fourth-order valence-electron chi connectivity index (χ4n) is 4.20. The molecule has 180 valence electrons. The second-order valence-electron chi connectivity index (χ2n) is 7.97. The van der Waals surface area contributed by atoms with Gasteiger partial charge in [-0.1, -0.05) is 41.4 Å². The molecule has 4 rings (SSSR count). The highest BCUT2D eigenvalue weighted by molar-refractivity contribution is 6.52. The zero-order valence-corrected chi connectivity index (χ0v) is 20.4. The van der Waals surface area contributed by atoms with Crippen molar-refractivity contribution in [2.24, 2.45) is 0 Å². The van der Waals surface area contributed by atoms with E-state index in [0.29, 0.717) is 28.5 Å². The lowest BCUT2D eigenvalue weighted by Crippen LogP contribution is -2.29. The molecule has 1 heterocycles. The number of aliphatic hydroxyl groups excluding tert-OH is 1. The molecule has 35 heavy (non-hydrogen) atoms. The number of rotatable bonds is 6. The number of carbonyl (C=O) groups is 2. The van der Waals surface area contributed by atoms with Gasteiger partial charge in [-0.15, -0.1) is 0 Å². The van der Waals surface area contributed by atoms with Gasteiger partial charge < -0.3 is 19.3 Å². The minimum Gasteiger partial charge on any atom is -0.507 e. The van der Waals surface area contributed by atoms with Crippen molar-refractivity contribution in [3.8, 4) is 17.2 Å². The Bertz CT molecular complexity index is 1350. The molecule has 1 amide bonds. The molecule has 1 aliphatic rings. The van der Waals surface area contributed by atoms with E-state index >= 15 is 0 Å². The highest BCUT2D eigenvalue weighted by Gasteiger charge is 2.47. The van der Waals surface area contributed by atoms with Gasteiger partial charge >= 0.3 is 0 Å². The molecule has 1 unspecified atom stereocenters. The quantitative estimate of drug-likeness (QED) is 0.285. The summed E-state index contributed by atoms with van der Waals surface area (Å²) in [5.41, 5.74) is 2.13. The van der Waals surface area contributed by atoms with Crippen LogP contribution in [-0.2, 0) is 9.59 Å². The van der Waals surface area contributed by atoms with E-state index < -0.39 is 17.7 Å². The summed E-state index contributed by atoms with van der Waals surface area (Å²) in [7, 11) is 4.43. The van der Waals surface area contributed by atoms with E-state index in [0.717, 1.165) is 5.56 Å². The SMILES string of the molecule is COc1ccc(OC)c(/C(O)=C2\C(=O)C(=O)N(c3ccc(OC)c(Cl)c3)C2c2cccc(C)c2)c1. The first-order valence-corrected chi connectivity index (χ1v) is 11.1. The van der Waals surface area contributed by atoms with Crippen LogP contribution >= 0.6 is 11.6 Å². The number of benzene rings is 3. The number of halogens is 1. The topological polar surface area (TPSA) is 85.3 Å². The lowest BCUT2D eigenvalue weighted by atomic mass is 9.94. The van der Waals surface area contributed by atoms with Gasteiger partial charge in [0.25, 0.3) is 11.7 Å². The highest BCUT2D eigenvalue weighted by Crippen LogP contribution is 2.45. The number of methoxy groups -OCH3 is 3. The van der Waals surface area contributed by atoms with Crippen molar-refractivity contribution < 1.29 is 28.9 Å². The summed E-state index contributed by atoms with van der Waals surface area (Å²) in [6.45, 7) is 1.91. The molecule has 3 aromatic rings. The summed E-state index contributed by atoms with van der Waals surface area (Å²) in [6.07, 6.45) is 0. The van der Waals surface area contributed by atoms with Gasteiger partial charge in [-0.3, -0.25) is 14.5 Å². The highest BCUT2D eigenvalue weighted by atomic mass is 35.5. The zero-order valence-electron chi connectivity index (χ0n) is 19.7. The van der Waals surface area contributed by atoms with Crippen LogP contribution in [0, 0.1) is 6.92 Å². The van der Waals surface area contributed by atoms with Crippen molar-refractivity contribution in [2.45, 2.75) is 13.0 Å². The molecule has 1 saturated heterocycles. The Morgan fingerprint density at radius 2 is 1.63 bits per heavy atom. The Balaban J connectivity index is 1.99. The summed E-state index contributed by atoms with van der Waals surface area (Å²) in [6, 6.07) is 16.2. The number of amides is 1. The molecule has 3 aromatic carbocycles. The maximum atomic E-state index is 13.4. The second-order valence-corrected chi connectivity index (χ2v) is 8.38. The van der Waals surface area contributed by atoms with Crippen LogP contribution in [0.5, 0.6) is 17.2 Å². The summed E-state index contributed by atoms with van der Waals surface area (Å²) in [5, 5.41) is 11.7. The fourth-order valence-corrected chi connectivity index (χ4v) is 4.46. The number of hydrogen-bond donors (Lipinski definition) is 1. The third kappa shape index (κ3) is 4.31. The van der Waals surface area contributed by atoms with E-state index in [4.69, 9.17) is 25.8 Å². The van der Waals surface area contributed by atoms with Crippen molar-refractivity contribution in [1.82, 2.24) is 0 Å². The first-order valence-electron chi connectivity index (χ1n) is 10.7. The van der Waals surface area contributed by atoms with E-state index in [2.05, 4.69) is 0 Å². The number of carbonyl (C=O) groups excluding carboxylic acids is 2. The normalized spacial score (nSPS) is 16.9. The fraction of sp³-hybridized carbons (Fsp3) is 0.185. The number of ketones is 1. The van der Waals surface area contributed by atoms with E-state index in [-0.39, 0.29) is 21.9 Å². The lowest BCUT2D eigenvalue weighted by Gasteiger charge is -2.26. The number of aliphatic hydroxyl groups is 1. The Morgan fingerprint density at radius 3 is 2.26 bits per heavy atom. The minimum atomic E-state index is -0.907. The van der Waals surface area contributed by atoms with Gasteiger partial charge in [0.05, 0.1) is 43.5 Å². The molecule has 7 nitrogen and oxygen atoms in total. The average molecular weight is 494 g/mol. The molecule has 8 heteroatoms. The molecule has 1 fully saturated rings. The maximum Gasteiger partial charge on any atom is 0.300 e. The zero-order chi connectivity index (χ0) is 25.3. The third-order valence-corrected chi connectivity index (χ3v) is 6.17. The van der Waals surface area contributed by atoms with Crippen LogP contribution in [0.1, 0.15) is 22.7 Å². The molecule has 0 saturated carbocycles. The summed E-state index contributed by atoms with van der Waals surface area (Å²) < 4.78 is 15.9. The van der Waals surface area contributed by atoms with Crippen molar-refractivity contribution in [3.63, 3.8) is 0 Å². The first kappa shape index (κ1) is 24.2.